The summed E-state index contributed by atoms with van der Waals surface area (Å²) < 4.78 is 0. The van der Waals surface area contributed by atoms with Gasteiger partial charge in [0, 0.05) is 12.8 Å². The fourth-order valence-corrected chi connectivity index (χ4v) is 1.95. The van der Waals surface area contributed by atoms with Gasteiger partial charge in [-0.3, -0.25) is 19.2 Å². The minimum atomic E-state index is -1.08. The summed E-state index contributed by atoms with van der Waals surface area (Å²) in [4.78, 5) is 42.9. The second kappa shape index (κ2) is 11.9. The normalized spacial score (nSPS) is 13.8. The lowest BCUT2D eigenvalue weighted by Crippen LogP contribution is -2.12. The molecule has 0 aromatic rings. The van der Waals surface area contributed by atoms with Gasteiger partial charge in [-0.05, 0) is 25.7 Å². The van der Waals surface area contributed by atoms with Crippen LogP contribution in [0.25, 0.3) is 0 Å². The molecular weight excluding hydrogens is 320 g/mol. The number of hydrogen-bond donors (Lipinski definition) is 4. The molecule has 0 spiro atoms. The first kappa shape index (κ1) is 21.4. The maximum absolute atomic E-state index is 11.0. The molecule has 0 rings (SSSR count). The van der Waals surface area contributed by atoms with E-state index in [9.17, 15) is 19.2 Å². The van der Waals surface area contributed by atoms with Crippen molar-refractivity contribution in [2.24, 2.45) is 11.8 Å². The predicted octanol–water partition coefficient (Wildman–Crippen LogP) is 2.01. The minimum absolute atomic E-state index is 0.113. The zero-order chi connectivity index (χ0) is 18.5. The van der Waals surface area contributed by atoms with E-state index in [0.717, 1.165) is 0 Å². The lowest BCUT2D eigenvalue weighted by Gasteiger charge is -2.06. The van der Waals surface area contributed by atoms with Gasteiger partial charge < -0.3 is 20.4 Å². The van der Waals surface area contributed by atoms with Crippen LogP contribution >= 0.6 is 0 Å². The highest BCUT2D eigenvalue weighted by atomic mass is 16.4. The van der Waals surface area contributed by atoms with Crippen molar-refractivity contribution >= 4 is 23.9 Å². The summed E-state index contributed by atoms with van der Waals surface area (Å²) in [6, 6.07) is 0. The quantitative estimate of drug-likeness (QED) is 0.371. The smallest absolute Gasteiger partial charge is 0.310 e. The second-order valence-corrected chi connectivity index (χ2v) is 5.23. The molecule has 0 heterocycles. The molecule has 0 aromatic carbocycles. The van der Waals surface area contributed by atoms with E-state index in [0.29, 0.717) is 0 Å². The molecule has 2 atom stereocenters. The van der Waals surface area contributed by atoms with E-state index in [1.165, 1.54) is 24.3 Å². The van der Waals surface area contributed by atoms with Crippen LogP contribution in [0.2, 0.25) is 0 Å². The van der Waals surface area contributed by atoms with Gasteiger partial charge in [0.2, 0.25) is 0 Å². The van der Waals surface area contributed by atoms with Crippen molar-refractivity contribution < 1.29 is 39.6 Å². The molecule has 8 heteroatoms. The maximum Gasteiger partial charge on any atom is 0.310 e. The van der Waals surface area contributed by atoms with Crippen molar-refractivity contribution in [2.45, 2.75) is 38.5 Å². The third kappa shape index (κ3) is 11.0. The zero-order valence-corrected chi connectivity index (χ0v) is 13.1. The highest BCUT2D eigenvalue weighted by Crippen LogP contribution is 2.13. The van der Waals surface area contributed by atoms with Crippen LogP contribution < -0.4 is 0 Å². The molecule has 0 saturated heterocycles. The summed E-state index contributed by atoms with van der Waals surface area (Å²) in [5, 5.41) is 35.1. The molecule has 0 saturated carbocycles. The number of carboxylic acids is 4. The van der Waals surface area contributed by atoms with Crippen molar-refractivity contribution in [1.82, 2.24) is 0 Å². The van der Waals surface area contributed by atoms with Gasteiger partial charge in [0.25, 0.3) is 0 Å². The Morgan fingerprint density at radius 1 is 0.667 bits per heavy atom. The van der Waals surface area contributed by atoms with Crippen LogP contribution in [-0.2, 0) is 19.2 Å². The van der Waals surface area contributed by atoms with Crippen molar-refractivity contribution in [2.75, 3.05) is 0 Å². The summed E-state index contributed by atoms with van der Waals surface area (Å²) in [7, 11) is 0. The standard InChI is InChI=1S/C16H22O8/c17-13(18)9-3-7-11(15(21)22)5-1-2-6-12(16(23)24)8-4-10-14(19)20/h1-2,5-6,11-12H,3-4,7-10H2,(H,17,18)(H,19,20)(H,21,22)(H,23,24). The Balaban J connectivity index is 4.52. The molecule has 4 N–H and O–H groups in total. The number of rotatable bonds is 13. The average molecular weight is 342 g/mol. The Labute approximate surface area is 139 Å². The molecule has 0 aromatic heterocycles. The SMILES string of the molecule is O=C(O)CCCC(C=CC=CC(CCCC(=O)O)C(=O)O)C(=O)O. The Hall–Kier alpha value is -2.64. The van der Waals surface area contributed by atoms with Crippen molar-refractivity contribution in [3.63, 3.8) is 0 Å². The summed E-state index contributed by atoms with van der Waals surface area (Å²) in [6.07, 6.45) is 6.14. The summed E-state index contributed by atoms with van der Waals surface area (Å²) in [6.45, 7) is 0. The molecule has 0 aliphatic carbocycles. The van der Waals surface area contributed by atoms with Gasteiger partial charge in [0.15, 0.2) is 0 Å². The first-order valence-corrected chi connectivity index (χ1v) is 7.48. The number of hydrogen-bond acceptors (Lipinski definition) is 4. The minimum Gasteiger partial charge on any atom is -0.481 e. The zero-order valence-electron chi connectivity index (χ0n) is 13.1. The lowest BCUT2D eigenvalue weighted by atomic mass is 10.00. The third-order valence-corrected chi connectivity index (χ3v) is 3.24. The van der Waals surface area contributed by atoms with E-state index in [2.05, 4.69) is 0 Å². The molecule has 0 bridgehead atoms. The van der Waals surface area contributed by atoms with Gasteiger partial charge in [0.1, 0.15) is 0 Å². The van der Waals surface area contributed by atoms with Gasteiger partial charge in [-0.25, -0.2) is 0 Å². The molecule has 0 amide bonds. The fourth-order valence-electron chi connectivity index (χ4n) is 1.95. The van der Waals surface area contributed by atoms with Gasteiger partial charge >= 0.3 is 23.9 Å². The van der Waals surface area contributed by atoms with Crippen LogP contribution in [0, 0.1) is 11.8 Å². The largest absolute Gasteiger partial charge is 0.481 e. The average Bonchev–Trinajstić information content (AvgIpc) is 2.46. The molecule has 0 fully saturated rings. The van der Waals surface area contributed by atoms with Crippen molar-refractivity contribution in [3.05, 3.63) is 24.3 Å². The number of carbonyl (C=O) groups is 4. The van der Waals surface area contributed by atoms with E-state index < -0.39 is 35.7 Å². The molecule has 2 unspecified atom stereocenters. The summed E-state index contributed by atoms with van der Waals surface area (Å²) in [5.41, 5.74) is 0. The Bertz CT molecular complexity index is 460. The Morgan fingerprint density at radius 2 is 1.00 bits per heavy atom. The van der Waals surface area contributed by atoms with Gasteiger partial charge in [-0.15, -0.1) is 0 Å². The van der Waals surface area contributed by atoms with Crippen LogP contribution in [0.15, 0.2) is 24.3 Å². The molecule has 24 heavy (non-hydrogen) atoms. The number of aliphatic carboxylic acids is 4. The summed E-state index contributed by atoms with van der Waals surface area (Å²) >= 11 is 0. The van der Waals surface area contributed by atoms with Crippen LogP contribution in [0.1, 0.15) is 38.5 Å². The monoisotopic (exact) mass is 342 g/mol. The molecule has 0 radical (unpaired) electrons. The van der Waals surface area contributed by atoms with E-state index in [4.69, 9.17) is 20.4 Å². The summed E-state index contributed by atoms with van der Waals surface area (Å²) in [5.74, 6) is -5.83. The first-order valence-electron chi connectivity index (χ1n) is 7.48. The van der Waals surface area contributed by atoms with Gasteiger partial charge in [0.05, 0.1) is 11.8 Å². The molecule has 8 nitrogen and oxygen atoms in total. The molecule has 134 valence electrons. The van der Waals surface area contributed by atoms with Gasteiger partial charge in [-0.2, -0.15) is 0 Å². The number of carboxylic acid groups (broad SMARTS) is 4. The van der Waals surface area contributed by atoms with Crippen LogP contribution in [-0.4, -0.2) is 44.3 Å². The Kier molecular flexibility index (Phi) is 10.6. The highest BCUT2D eigenvalue weighted by Gasteiger charge is 2.15. The third-order valence-electron chi connectivity index (χ3n) is 3.24. The van der Waals surface area contributed by atoms with Gasteiger partial charge in [-0.1, -0.05) is 24.3 Å². The fraction of sp³-hybridized carbons (Fsp3) is 0.500. The van der Waals surface area contributed by atoms with Crippen LogP contribution in [0.5, 0.6) is 0 Å². The van der Waals surface area contributed by atoms with Crippen molar-refractivity contribution in [3.8, 4) is 0 Å². The predicted molar refractivity (Wildman–Crippen MR) is 83.5 cm³/mol. The van der Waals surface area contributed by atoms with Crippen LogP contribution in [0.4, 0.5) is 0 Å². The van der Waals surface area contributed by atoms with Crippen molar-refractivity contribution in [1.29, 1.82) is 0 Å². The van der Waals surface area contributed by atoms with E-state index in [1.807, 2.05) is 0 Å². The molecular formula is C16H22O8. The topological polar surface area (TPSA) is 149 Å². The number of allylic oxidation sites excluding steroid dienone is 2. The van der Waals surface area contributed by atoms with E-state index >= 15 is 0 Å². The first-order chi connectivity index (χ1) is 11.2. The highest BCUT2D eigenvalue weighted by molar-refractivity contribution is 5.73. The second-order valence-electron chi connectivity index (χ2n) is 5.23. The molecule has 0 aliphatic heterocycles. The molecule has 0 aliphatic rings. The van der Waals surface area contributed by atoms with Crippen LogP contribution in [0.3, 0.4) is 0 Å². The van der Waals surface area contributed by atoms with E-state index in [1.54, 1.807) is 0 Å². The van der Waals surface area contributed by atoms with E-state index in [-0.39, 0.29) is 38.5 Å². The maximum atomic E-state index is 11.0. The lowest BCUT2D eigenvalue weighted by molar-refractivity contribution is -0.141. The Morgan fingerprint density at radius 3 is 1.25 bits per heavy atom.